The van der Waals surface area contributed by atoms with E-state index in [-0.39, 0.29) is 0 Å². The van der Waals surface area contributed by atoms with Crippen LogP contribution in [0, 0.1) is 0 Å². The van der Waals surface area contributed by atoms with Gasteiger partial charge in [0, 0.05) is 23.3 Å². The molecule has 1 aliphatic heterocycles. The molecule has 1 aromatic carbocycles. The van der Waals surface area contributed by atoms with Crippen LogP contribution in [0.15, 0.2) is 30.5 Å². The SMILES string of the molecule is Nc1ncc(CN2CCCc3ccccc32)s1. The molecule has 0 saturated heterocycles. The molecular weight excluding hydrogens is 230 g/mol. The Morgan fingerprint density at radius 2 is 2.24 bits per heavy atom. The van der Waals surface area contributed by atoms with Crippen LogP contribution in [0.5, 0.6) is 0 Å². The predicted molar refractivity (Wildman–Crippen MR) is 72.3 cm³/mol. The molecule has 1 aliphatic rings. The third-order valence-electron chi connectivity index (χ3n) is 3.12. The van der Waals surface area contributed by atoms with E-state index < -0.39 is 0 Å². The Kier molecular flexibility index (Phi) is 2.73. The van der Waals surface area contributed by atoms with E-state index in [0.717, 1.165) is 13.1 Å². The number of nitrogens with two attached hydrogens (primary N) is 1. The summed E-state index contributed by atoms with van der Waals surface area (Å²) >= 11 is 1.58. The van der Waals surface area contributed by atoms with Crippen LogP contribution in [0.25, 0.3) is 0 Å². The van der Waals surface area contributed by atoms with E-state index in [0.29, 0.717) is 5.13 Å². The molecule has 2 heterocycles. The Bertz CT molecular complexity index is 521. The van der Waals surface area contributed by atoms with Crippen LogP contribution in [0.1, 0.15) is 16.9 Å². The molecule has 2 aromatic rings. The van der Waals surface area contributed by atoms with E-state index in [9.17, 15) is 0 Å². The van der Waals surface area contributed by atoms with Gasteiger partial charge in [0.25, 0.3) is 0 Å². The Morgan fingerprint density at radius 1 is 1.35 bits per heavy atom. The van der Waals surface area contributed by atoms with Crippen molar-refractivity contribution < 1.29 is 0 Å². The number of fused-ring (bicyclic) bond motifs is 1. The van der Waals surface area contributed by atoms with E-state index in [4.69, 9.17) is 5.73 Å². The second kappa shape index (κ2) is 4.37. The zero-order valence-corrected chi connectivity index (χ0v) is 10.4. The normalized spacial score (nSPS) is 14.7. The molecule has 3 rings (SSSR count). The van der Waals surface area contributed by atoms with Crippen molar-refractivity contribution in [3.8, 4) is 0 Å². The minimum Gasteiger partial charge on any atom is -0.375 e. The first kappa shape index (κ1) is 10.6. The number of anilines is 2. The smallest absolute Gasteiger partial charge is 0.180 e. The van der Waals surface area contributed by atoms with Crippen LogP contribution >= 0.6 is 11.3 Å². The molecule has 0 radical (unpaired) electrons. The predicted octanol–water partition coefficient (Wildman–Crippen LogP) is 2.68. The van der Waals surface area contributed by atoms with E-state index in [2.05, 4.69) is 34.1 Å². The van der Waals surface area contributed by atoms with Gasteiger partial charge in [0.05, 0.1) is 6.54 Å². The quantitative estimate of drug-likeness (QED) is 0.884. The largest absolute Gasteiger partial charge is 0.375 e. The minimum absolute atomic E-state index is 0.658. The summed E-state index contributed by atoms with van der Waals surface area (Å²) in [5.41, 5.74) is 8.49. The Balaban J connectivity index is 1.85. The third-order valence-corrected chi connectivity index (χ3v) is 3.94. The molecule has 88 valence electrons. The molecule has 2 N–H and O–H groups in total. The van der Waals surface area contributed by atoms with Gasteiger partial charge in [-0.2, -0.15) is 0 Å². The van der Waals surface area contributed by atoms with Crippen molar-refractivity contribution in [2.75, 3.05) is 17.2 Å². The molecule has 0 aliphatic carbocycles. The molecular formula is C13H15N3S. The zero-order valence-electron chi connectivity index (χ0n) is 9.60. The molecule has 17 heavy (non-hydrogen) atoms. The van der Waals surface area contributed by atoms with Crippen molar-refractivity contribution in [3.63, 3.8) is 0 Å². The maximum Gasteiger partial charge on any atom is 0.180 e. The number of hydrogen-bond donors (Lipinski definition) is 1. The summed E-state index contributed by atoms with van der Waals surface area (Å²) in [7, 11) is 0. The van der Waals surface area contributed by atoms with Crippen LogP contribution in [0.4, 0.5) is 10.8 Å². The van der Waals surface area contributed by atoms with Crippen LogP contribution in [-0.4, -0.2) is 11.5 Å². The lowest BCUT2D eigenvalue weighted by Gasteiger charge is -2.30. The van der Waals surface area contributed by atoms with Crippen molar-refractivity contribution in [3.05, 3.63) is 40.9 Å². The van der Waals surface area contributed by atoms with Crippen molar-refractivity contribution in [1.29, 1.82) is 0 Å². The highest BCUT2D eigenvalue weighted by atomic mass is 32.1. The number of aromatic nitrogens is 1. The van der Waals surface area contributed by atoms with Gasteiger partial charge in [-0.3, -0.25) is 0 Å². The maximum absolute atomic E-state index is 5.67. The third kappa shape index (κ3) is 2.13. The molecule has 3 nitrogen and oxygen atoms in total. The van der Waals surface area contributed by atoms with Crippen LogP contribution in [0.3, 0.4) is 0 Å². The number of thiazole rings is 1. The van der Waals surface area contributed by atoms with Gasteiger partial charge in [-0.1, -0.05) is 18.2 Å². The van der Waals surface area contributed by atoms with E-state index >= 15 is 0 Å². The topological polar surface area (TPSA) is 42.1 Å². The van der Waals surface area contributed by atoms with Crippen molar-refractivity contribution >= 4 is 22.2 Å². The van der Waals surface area contributed by atoms with Crippen molar-refractivity contribution in [2.45, 2.75) is 19.4 Å². The summed E-state index contributed by atoms with van der Waals surface area (Å²) in [5, 5.41) is 0.658. The average Bonchev–Trinajstić information content (AvgIpc) is 2.75. The molecule has 0 amide bonds. The number of hydrogen-bond acceptors (Lipinski definition) is 4. The number of aryl methyl sites for hydroxylation is 1. The summed E-state index contributed by atoms with van der Waals surface area (Å²) in [5.74, 6) is 0. The van der Waals surface area contributed by atoms with E-state index in [1.165, 1.54) is 29.0 Å². The van der Waals surface area contributed by atoms with E-state index in [1.54, 1.807) is 11.3 Å². The standard InChI is InChI=1S/C13H15N3S/c14-13-15-8-11(17-13)9-16-7-3-5-10-4-1-2-6-12(10)16/h1-2,4,6,8H,3,5,7,9H2,(H2,14,15). The number of nitrogens with zero attached hydrogens (tertiary/aromatic N) is 2. The molecule has 4 heteroatoms. The summed E-state index contributed by atoms with van der Waals surface area (Å²) in [6.07, 6.45) is 4.31. The Morgan fingerprint density at radius 3 is 3.06 bits per heavy atom. The lowest BCUT2D eigenvalue weighted by Crippen LogP contribution is -2.28. The van der Waals surface area contributed by atoms with Crippen LogP contribution < -0.4 is 10.6 Å². The molecule has 0 atom stereocenters. The first-order chi connectivity index (χ1) is 8.33. The Labute approximate surface area is 105 Å². The summed E-state index contributed by atoms with van der Waals surface area (Å²) in [6.45, 7) is 2.04. The van der Waals surface area contributed by atoms with E-state index in [1.807, 2.05) is 6.20 Å². The van der Waals surface area contributed by atoms with Gasteiger partial charge in [-0.25, -0.2) is 4.98 Å². The fourth-order valence-electron chi connectivity index (χ4n) is 2.36. The fraction of sp³-hybridized carbons (Fsp3) is 0.308. The molecule has 0 bridgehead atoms. The molecule has 1 aromatic heterocycles. The highest BCUT2D eigenvalue weighted by molar-refractivity contribution is 7.15. The van der Waals surface area contributed by atoms with Gasteiger partial charge in [0.2, 0.25) is 0 Å². The van der Waals surface area contributed by atoms with Gasteiger partial charge in [-0.05, 0) is 24.5 Å². The number of benzene rings is 1. The first-order valence-electron chi connectivity index (χ1n) is 5.86. The average molecular weight is 245 g/mol. The number of nitrogen functional groups attached to an aromatic ring is 1. The second-order valence-corrected chi connectivity index (χ2v) is 5.47. The lowest BCUT2D eigenvalue weighted by molar-refractivity contribution is 0.694. The summed E-state index contributed by atoms with van der Waals surface area (Å²) in [6, 6.07) is 8.66. The lowest BCUT2D eigenvalue weighted by atomic mass is 10.0. The van der Waals surface area contributed by atoms with Gasteiger partial charge in [0.15, 0.2) is 5.13 Å². The van der Waals surface area contributed by atoms with Gasteiger partial charge in [0.1, 0.15) is 0 Å². The van der Waals surface area contributed by atoms with Crippen molar-refractivity contribution in [2.24, 2.45) is 0 Å². The fourth-order valence-corrected chi connectivity index (χ4v) is 3.06. The molecule has 0 fully saturated rings. The molecule has 0 spiro atoms. The van der Waals surface area contributed by atoms with Crippen LogP contribution in [0.2, 0.25) is 0 Å². The highest BCUT2D eigenvalue weighted by Gasteiger charge is 2.16. The Hall–Kier alpha value is -1.55. The summed E-state index contributed by atoms with van der Waals surface area (Å²) < 4.78 is 0. The number of para-hydroxylation sites is 1. The minimum atomic E-state index is 0.658. The van der Waals surface area contributed by atoms with Crippen LogP contribution in [-0.2, 0) is 13.0 Å². The highest BCUT2D eigenvalue weighted by Crippen LogP contribution is 2.29. The van der Waals surface area contributed by atoms with Gasteiger partial charge in [-0.15, -0.1) is 11.3 Å². The monoisotopic (exact) mass is 245 g/mol. The van der Waals surface area contributed by atoms with Gasteiger partial charge >= 0.3 is 0 Å². The van der Waals surface area contributed by atoms with Gasteiger partial charge < -0.3 is 10.6 Å². The molecule has 0 saturated carbocycles. The first-order valence-corrected chi connectivity index (χ1v) is 6.67. The molecule has 0 unspecified atom stereocenters. The second-order valence-electron chi connectivity index (χ2n) is 4.32. The maximum atomic E-state index is 5.67. The van der Waals surface area contributed by atoms with Crippen molar-refractivity contribution in [1.82, 2.24) is 4.98 Å². The number of rotatable bonds is 2. The zero-order chi connectivity index (χ0) is 11.7. The summed E-state index contributed by atoms with van der Waals surface area (Å²) in [4.78, 5) is 7.77.